The van der Waals surface area contributed by atoms with E-state index in [-0.39, 0.29) is 17.1 Å². The van der Waals surface area contributed by atoms with Crippen molar-refractivity contribution in [1.29, 1.82) is 5.26 Å². The molecule has 0 bridgehead atoms. The number of methoxy groups -OCH3 is 1. The molecule has 0 unspecified atom stereocenters. The van der Waals surface area contributed by atoms with Crippen LogP contribution in [0, 0.1) is 21.4 Å². The summed E-state index contributed by atoms with van der Waals surface area (Å²) < 4.78 is 4.83. The van der Waals surface area contributed by atoms with Gasteiger partial charge in [-0.1, -0.05) is 0 Å². The van der Waals surface area contributed by atoms with Gasteiger partial charge in [0.2, 0.25) is 0 Å². The van der Waals surface area contributed by atoms with Gasteiger partial charge in [-0.2, -0.15) is 5.26 Å². The molecular formula is C10H9N3O3. The molecule has 6 heteroatoms. The van der Waals surface area contributed by atoms with Gasteiger partial charge in [0.25, 0.3) is 0 Å². The minimum Gasteiger partial charge on any atom is -0.490 e. The van der Waals surface area contributed by atoms with E-state index in [4.69, 9.17) is 15.7 Å². The number of nitro groups is 1. The highest BCUT2D eigenvalue weighted by atomic mass is 16.6. The van der Waals surface area contributed by atoms with Crippen LogP contribution in [-0.4, -0.2) is 12.0 Å². The summed E-state index contributed by atoms with van der Waals surface area (Å²) in [4.78, 5) is 10.1. The molecule has 0 saturated heterocycles. The Hall–Kier alpha value is -2.55. The van der Waals surface area contributed by atoms with E-state index in [2.05, 4.69) is 0 Å². The minimum atomic E-state index is -0.567. The summed E-state index contributed by atoms with van der Waals surface area (Å²) >= 11 is 0. The predicted molar refractivity (Wildman–Crippen MR) is 57.4 cm³/mol. The lowest BCUT2D eigenvalue weighted by molar-refractivity contribution is -0.385. The molecule has 0 aliphatic heterocycles. The van der Waals surface area contributed by atoms with E-state index >= 15 is 0 Å². The van der Waals surface area contributed by atoms with Crippen molar-refractivity contribution in [3.63, 3.8) is 0 Å². The molecule has 0 amide bonds. The maximum Gasteiger partial charge on any atom is 0.311 e. The summed E-state index contributed by atoms with van der Waals surface area (Å²) in [5, 5.41) is 19.1. The fraction of sp³-hybridized carbons (Fsp3) is 0.100. The van der Waals surface area contributed by atoms with Gasteiger partial charge in [0.1, 0.15) is 0 Å². The Morgan fingerprint density at radius 2 is 2.38 bits per heavy atom. The van der Waals surface area contributed by atoms with Gasteiger partial charge in [0.15, 0.2) is 5.75 Å². The van der Waals surface area contributed by atoms with Crippen LogP contribution in [0.3, 0.4) is 0 Å². The molecule has 16 heavy (non-hydrogen) atoms. The van der Waals surface area contributed by atoms with Crippen LogP contribution in [0.1, 0.15) is 5.56 Å². The maximum atomic E-state index is 10.7. The summed E-state index contributed by atoms with van der Waals surface area (Å²) in [6.45, 7) is 0. The quantitative estimate of drug-likeness (QED) is 0.470. The summed E-state index contributed by atoms with van der Waals surface area (Å²) in [7, 11) is 1.34. The Bertz CT molecular complexity index is 489. The zero-order valence-electron chi connectivity index (χ0n) is 8.51. The van der Waals surface area contributed by atoms with Gasteiger partial charge in [0.05, 0.1) is 18.1 Å². The Labute approximate surface area is 91.7 Å². The number of ether oxygens (including phenoxy) is 1. The van der Waals surface area contributed by atoms with E-state index in [9.17, 15) is 10.1 Å². The predicted octanol–water partition coefficient (Wildman–Crippen LogP) is 1.43. The minimum absolute atomic E-state index is 0.151. The van der Waals surface area contributed by atoms with Gasteiger partial charge in [-0.05, 0) is 12.1 Å². The number of hydrogen-bond donors (Lipinski definition) is 1. The topological polar surface area (TPSA) is 102 Å². The van der Waals surface area contributed by atoms with Crippen LogP contribution in [0.25, 0.3) is 5.70 Å². The van der Waals surface area contributed by atoms with Crippen molar-refractivity contribution < 1.29 is 9.66 Å². The smallest absolute Gasteiger partial charge is 0.311 e. The van der Waals surface area contributed by atoms with Crippen LogP contribution in [0.15, 0.2) is 24.3 Å². The molecule has 0 fully saturated rings. The zero-order valence-corrected chi connectivity index (χ0v) is 8.51. The van der Waals surface area contributed by atoms with Crippen LogP contribution in [0.2, 0.25) is 0 Å². The number of benzene rings is 1. The van der Waals surface area contributed by atoms with Gasteiger partial charge >= 0.3 is 5.69 Å². The van der Waals surface area contributed by atoms with Gasteiger partial charge in [-0.3, -0.25) is 10.1 Å². The van der Waals surface area contributed by atoms with Crippen molar-refractivity contribution in [3.8, 4) is 11.8 Å². The Kier molecular flexibility index (Phi) is 3.45. The Morgan fingerprint density at radius 3 is 2.88 bits per heavy atom. The molecule has 0 atom stereocenters. The van der Waals surface area contributed by atoms with Crippen LogP contribution in [-0.2, 0) is 0 Å². The van der Waals surface area contributed by atoms with E-state index in [0.717, 1.165) is 6.08 Å². The largest absolute Gasteiger partial charge is 0.490 e. The van der Waals surface area contributed by atoms with E-state index in [1.165, 1.54) is 19.2 Å². The van der Waals surface area contributed by atoms with Crippen molar-refractivity contribution in [2.75, 3.05) is 7.11 Å². The molecule has 0 aliphatic rings. The fourth-order valence-corrected chi connectivity index (χ4v) is 1.17. The van der Waals surface area contributed by atoms with Gasteiger partial charge in [-0.15, -0.1) is 0 Å². The normalized spacial score (nSPS) is 10.6. The van der Waals surface area contributed by atoms with Crippen LogP contribution >= 0.6 is 0 Å². The monoisotopic (exact) mass is 219 g/mol. The van der Waals surface area contributed by atoms with Crippen LogP contribution in [0.4, 0.5) is 5.69 Å². The fourth-order valence-electron chi connectivity index (χ4n) is 1.17. The van der Waals surface area contributed by atoms with Crippen LogP contribution < -0.4 is 10.5 Å². The summed E-state index contributed by atoms with van der Waals surface area (Å²) in [6.07, 6.45) is 1.12. The third-order valence-corrected chi connectivity index (χ3v) is 1.93. The van der Waals surface area contributed by atoms with Crippen molar-refractivity contribution in [2.45, 2.75) is 0 Å². The van der Waals surface area contributed by atoms with Gasteiger partial charge in [-0.25, -0.2) is 0 Å². The highest BCUT2D eigenvalue weighted by molar-refractivity contribution is 5.68. The second-order valence-corrected chi connectivity index (χ2v) is 2.87. The molecule has 1 aromatic rings. The first kappa shape index (κ1) is 11.5. The van der Waals surface area contributed by atoms with E-state index in [1.54, 1.807) is 12.1 Å². The standard InChI is InChI=1S/C10H9N3O3/c1-16-10-3-2-7(8(12)4-5-11)6-9(10)13(14)15/h2-4,6H,12H2,1H3/b8-4-. The molecule has 1 aromatic carbocycles. The highest BCUT2D eigenvalue weighted by Crippen LogP contribution is 2.28. The SMILES string of the molecule is COc1ccc(/C(N)=C/C#N)cc1[N+](=O)[O-]. The van der Waals surface area contributed by atoms with Crippen LogP contribution in [0.5, 0.6) is 5.75 Å². The lowest BCUT2D eigenvalue weighted by atomic mass is 10.1. The number of nitrogens with zero attached hydrogens (tertiary/aromatic N) is 2. The second-order valence-electron chi connectivity index (χ2n) is 2.87. The highest BCUT2D eigenvalue weighted by Gasteiger charge is 2.15. The summed E-state index contributed by atoms with van der Waals surface area (Å²) in [5.41, 5.74) is 5.94. The molecule has 6 nitrogen and oxygen atoms in total. The summed E-state index contributed by atoms with van der Waals surface area (Å²) in [6, 6.07) is 6.01. The zero-order chi connectivity index (χ0) is 12.1. The number of allylic oxidation sites excluding steroid dienone is 1. The second kappa shape index (κ2) is 4.79. The molecule has 0 saturated carbocycles. The van der Waals surface area contributed by atoms with Crippen molar-refractivity contribution in [2.24, 2.45) is 5.73 Å². The molecule has 0 radical (unpaired) electrons. The third-order valence-electron chi connectivity index (χ3n) is 1.93. The van der Waals surface area contributed by atoms with E-state index in [0.29, 0.717) is 5.56 Å². The third kappa shape index (κ3) is 2.27. The number of nitrogens with two attached hydrogens (primary N) is 1. The first-order valence-electron chi connectivity index (χ1n) is 4.28. The number of nitriles is 1. The van der Waals surface area contributed by atoms with E-state index < -0.39 is 4.92 Å². The van der Waals surface area contributed by atoms with Gasteiger partial charge in [0, 0.05) is 23.4 Å². The molecule has 82 valence electrons. The molecule has 1 rings (SSSR count). The van der Waals surface area contributed by atoms with Crippen molar-refractivity contribution in [3.05, 3.63) is 40.0 Å². The number of hydrogen-bond acceptors (Lipinski definition) is 5. The maximum absolute atomic E-state index is 10.7. The van der Waals surface area contributed by atoms with Crippen molar-refractivity contribution in [1.82, 2.24) is 0 Å². The summed E-state index contributed by atoms with van der Waals surface area (Å²) in [5.74, 6) is 0.151. The average Bonchev–Trinajstić information content (AvgIpc) is 2.28. The molecule has 0 spiro atoms. The Morgan fingerprint density at radius 1 is 1.69 bits per heavy atom. The molecule has 0 aromatic heterocycles. The molecular weight excluding hydrogens is 210 g/mol. The first-order valence-corrected chi connectivity index (χ1v) is 4.28. The molecule has 2 N–H and O–H groups in total. The van der Waals surface area contributed by atoms with Gasteiger partial charge < -0.3 is 10.5 Å². The van der Waals surface area contributed by atoms with Crippen molar-refractivity contribution >= 4 is 11.4 Å². The lowest BCUT2D eigenvalue weighted by Gasteiger charge is -2.04. The molecule has 0 heterocycles. The lowest BCUT2D eigenvalue weighted by Crippen LogP contribution is -1.99. The first-order chi connectivity index (χ1) is 7.60. The van der Waals surface area contributed by atoms with E-state index in [1.807, 2.05) is 0 Å². The molecule has 0 aliphatic carbocycles. The number of rotatable bonds is 3. The Balaban J connectivity index is 3.28. The average molecular weight is 219 g/mol. The number of nitro benzene ring substituents is 1.